The van der Waals surface area contributed by atoms with Gasteiger partial charge >= 0.3 is 0 Å². The fourth-order valence-electron chi connectivity index (χ4n) is 3.56. The molecule has 0 fully saturated rings. The zero-order valence-corrected chi connectivity index (χ0v) is 18.3. The topological polar surface area (TPSA) is 98.3 Å². The molecule has 5 aromatic rings. The van der Waals surface area contributed by atoms with Crippen LogP contribution in [0, 0.1) is 10.1 Å². The Balaban J connectivity index is 1.37. The minimum absolute atomic E-state index is 0.00421. The van der Waals surface area contributed by atoms with Crippen molar-refractivity contribution in [3.8, 4) is 22.6 Å². The molecule has 0 radical (unpaired) electrons. The van der Waals surface area contributed by atoms with Crippen molar-refractivity contribution < 1.29 is 14.1 Å². The molecule has 0 aliphatic rings. The lowest BCUT2D eigenvalue weighted by atomic mass is 10.0. The van der Waals surface area contributed by atoms with Gasteiger partial charge in [0.1, 0.15) is 5.52 Å². The first-order valence-electron chi connectivity index (χ1n) is 10.3. The summed E-state index contributed by atoms with van der Waals surface area (Å²) in [5, 5.41) is 13.6. The number of carbonyl (C=O) groups excluding carboxylic acids is 1. The number of amides is 1. The molecule has 0 saturated carbocycles. The maximum Gasteiger partial charge on any atom is 0.270 e. The Kier molecular flexibility index (Phi) is 5.53. The standard InChI is InChI=1S/C26H16ClN3O4/c27-22-15-20(30(32)33)11-12-21(22)25(31)28-19-10-13-24-23(14-19)29-26(34-24)18-8-6-17(7-9-18)16-4-2-1-3-5-16/h1-15H,(H,28,31). The van der Waals surface area contributed by atoms with Crippen LogP contribution in [0.1, 0.15) is 10.4 Å². The lowest BCUT2D eigenvalue weighted by molar-refractivity contribution is -0.384. The molecule has 1 aromatic heterocycles. The summed E-state index contributed by atoms with van der Waals surface area (Å²) < 4.78 is 5.89. The van der Waals surface area contributed by atoms with Gasteiger partial charge in [-0.1, -0.05) is 54.1 Å². The van der Waals surface area contributed by atoms with Crippen molar-refractivity contribution in [3.63, 3.8) is 0 Å². The van der Waals surface area contributed by atoms with Gasteiger partial charge in [0, 0.05) is 23.4 Å². The Hall–Kier alpha value is -4.49. The molecule has 1 heterocycles. The summed E-state index contributed by atoms with van der Waals surface area (Å²) in [6.07, 6.45) is 0. The van der Waals surface area contributed by atoms with E-state index in [0.29, 0.717) is 22.7 Å². The Morgan fingerprint density at radius 1 is 0.882 bits per heavy atom. The van der Waals surface area contributed by atoms with Crippen LogP contribution in [0.15, 0.2) is 95.4 Å². The molecule has 166 valence electrons. The molecular weight excluding hydrogens is 454 g/mol. The van der Waals surface area contributed by atoms with Crippen LogP contribution in [0.3, 0.4) is 0 Å². The van der Waals surface area contributed by atoms with Crippen LogP contribution < -0.4 is 5.32 Å². The molecule has 4 aromatic carbocycles. The Bertz CT molecular complexity index is 1530. The van der Waals surface area contributed by atoms with Crippen molar-refractivity contribution in [2.24, 2.45) is 0 Å². The van der Waals surface area contributed by atoms with Crippen LogP contribution in [-0.4, -0.2) is 15.8 Å². The number of nitrogens with one attached hydrogen (secondary N) is 1. The van der Waals surface area contributed by atoms with Crippen molar-refractivity contribution >= 4 is 40.0 Å². The van der Waals surface area contributed by atoms with Crippen LogP contribution in [0.2, 0.25) is 5.02 Å². The molecule has 0 spiro atoms. The van der Waals surface area contributed by atoms with E-state index in [4.69, 9.17) is 16.0 Å². The number of anilines is 1. The number of nitrogens with zero attached hydrogens (tertiary/aromatic N) is 2. The highest BCUT2D eigenvalue weighted by Crippen LogP contribution is 2.29. The van der Waals surface area contributed by atoms with Gasteiger partial charge in [-0.3, -0.25) is 14.9 Å². The normalized spacial score (nSPS) is 10.9. The van der Waals surface area contributed by atoms with Gasteiger partial charge in [-0.2, -0.15) is 0 Å². The first-order valence-corrected chi connectivity index (χ1v) is 10.7. The molecule has 5 rings (SSSR count). The van der Waals surface area contributed by atoms with E-state index in [2.05, 4.69) is 10.3 Å². The summed E-state index contributed by atoms with van der Waals surface area (Å²) >= 11 is 6.06. The highest BCUT2D eigenvalue weighted by molar-refractivity contribution is 6.34. The molecule has 0 bridgehead atoms. The molecule has 0 aliphatic carbocycles. The average molecular weight is 470 g/mol. The first kappa shape index (κ1) is 21.4. The molecule has 1 amide bonds. The fraction of sp³-hybridized carbons (Fsp3) is 0. The van der Waals surface area contributed by atoms with Gasteiger partial charge in [0.2, 0.25) is 5.89 Å². The number of nitro benzene ring substituents is 1. The van der Waals surface area contributed by atoms with Gasteiger partial charge in [-0.05, 0) is 47.5 Å². The number of non-ortho nitro benzene ring substituents is 1. The molecule has 1 N–H and O–H groups in total. The Morgan fingerprint density at radius 2 is 1.59 bits per heavy atom. The van der Waals surface area contributed by atoms with E-state index in [9.17, 15) is 14.9 Å². The van der Waals surface area contributed by atoms with Crippen molar-refractivity contribution in [3.05, 3.63) is 112 Å². The second-order valence-corrected chi connectivity index (χ2v) is 7.93. The van der Waals surface area contributed by atoms with Crippen molar-refractivity contribution in [2.75, 3.05) is 5.32 Å². The van der Waals surface area contributed by atoms with Crippen molar-refractivity contribution in [2.45, 2.75) is 0 Å². The van der Waals surface area contributed by atoms with E-state index in [1.807, 2.05) is 54.6 Å². The number of rotatable bonds is 5. The summed E-state index contributed by atoms with van der Waals surface area (Å²) in [4.78, 5) is 27.5. The largest absolute Gasteiger partial charge is 0.436 e. The van der Waals surface area contributed by atoms with Crippen LogP contribution >= 0.6 is 11.6 Å². The molecule has 8 heteroatoms. The maximum absolute atomic E-state index is 12.6. The molecule has 34 heavy (non-hydrogen) atoms. The predicted molar refractivity (Wildman–Crippen MR) is 131 cm³/mol. The summed E-state index contributed by atoms with van der Waals surface area (Å²) in [5.74, 6) is -0.0176. The lowest BCUT2D eigenvalue weighted by Crippen LogP contribution is -2.12. The van der Waals surface area contributed by atoms with Gasteiger partial charge in [-0.25, -0.2) is 4.98 Å². The van der Waals surface area contributed by atoms with Crippen molar-refractivity contribution in [1.82, 2.24) is 4.98 Å². The molecule has 0 atom stereocenters. The van der Waals surface area contributed by atoms with E-state index in [-0.39, 0.29) is 16.3 Å². The van der Waals surface area contributed by atoms with E-state index in [0.717, 1.165) is 22.8 Å². The highest BCUT2D eigenvalue weighted by atomic mass is 35.5. The third-order valence-corrected chi connectivity index (χ3v) is 5.61. The molecule has 0 aliphatic heterocycles. The van der Waals surface area contributed by atoms with Gasteiger partial charge in [0.15, 0.2) is 5.58 Å². The molecule has 0 saturated heterocycles. The number of fused-ring (bicyclic) bond motifs is 1. The van der Waals surface area contributed by atoms with Gasteiger partial charge in [0.25, 0.3) is 11.6 Å². The van der Waals surface area contributed by atoms with Gasteiger partial charge in [-0.15, -0.1) is 0 Å². The summed E-state index contributed by atoms with van der Waals surface area (Å²) in [6, 6.07) is 26.8. The zero-order chi connectivity index (χ0) is 23.7. The number of halogens is 1. The number of hydrogen-bond donors (Lipinski definition) is 1. The third kappa shape index (κ3) is 4.24. The number of carbonyl (C=O) groups is 1. The third-order valence-electron chi connectivity index (χ3n) is 5.29. The van der Waals surface area contributed by atoms with E-state index in [1.165, 1.54) is 12.1 Å². The SMILES string of the molecule is O=C(Nc1ccc2oc(-c3ccc(-c4ccccc4)cc3)nc2c1)c1ccc([N+](=O)[O-])cc1Cl. The Labute approximate surface area is 198 Å². The number of hydrogen-bond acceptors (Lipinski definition) is 5. The number of benzene rings is 4. The zero-order valence-electron chi connectivity index (χ0n) is 17.6. The van der Waals surface area contributed by atoms with Crippen molar-refractivity contribution in [1.29, 1.82) is 0 Å². The monoisotopic (exact) mass is 469 g/mol. The summed E-state index contributed by atoms with van der Waals surface area (Å²) in [5.41, 5.74) is 4.64. The van der Waals surface area contributed by atoms with E-state index < -0.39 is 10.8 Å². The lowest BCUT2D eigenvalue weighted by Gasteiger charge is -2.06. The fourth-order valence-corrected chi connectivity index (χ4v) is 3.83. The predicted octanol–water partition coefficient (Wildman–Crippen LogP) is 6.98. The van der Waals surface area contributed by atoms with Crippen LogP contribution in [-0.2, 0) is 0 Å². The quantitative estimate of drug-likeness (QED) is 0.221. The summed E-state index contributed by atoms with van der Waals surface area (Å²) in [6.45, 7) is 0. The minimum Gasteiger partial charge on any atom is -0.436 e. The second kappa shape index (κ2) is 8.80. The average Bonchev–Trinajstić information content (AvgIpc) is 3.28. The van der Waals surface area contributed by atoms with Crippen LogP contribution in [0.25, 0.3) is 33.7 Å². The molecule has 7 nitrogen and oxygen atoms in total. The van der Waals surface area contributed by atoms with Crippen LogP contribution in [0.4, 0.5) is 11.4 Å². The number of oxazole rings is 1. The number of nitro groups is 1. The smallest absolute Gasteiger partial charge is 0.270 e. The maximum atomic E-state index is 12.6. The first-order chi connectivity index (χ1) is 16.5. The van der Waals surface area contributed by atoms with Gasteiger partial charge < -0.3 is 9.73 Å². The van der Waals surface area contributed by atoms with E-state index >= 15 is 0 Å². The second-order valence-electron chi connectivity index (χ2n) is 7.52. The minimum atomic E-state index is -0.571. The molecule has 0 unspecified atom stereocenters. The highest BCUT2D eigenvalue weighted by Gasteiger charge is 2.16. The molecular formula is C26H16ClN3O4. The summed E-state index contributed by atoms with van der Waals surface area (Å²) in [7, 11) is 0. The Morgan fingerprint density at radius 3 is 2.29 bits per heavy atom. The van der Waals surface area contributed by atoms with Gasteiger partial charge in [0.05, 0.1) is 15.5 Å². The number of aromatic nitrogens is 1. The van der Waals surface area contributed by atoms with E-state index in [1.54, 1.807) is 18.2 Å². The van der Waals surface area contributed by atoms with Crippen LogP contribution in [0.5, 0.6) is 0 Å².